The lowest BCUT2D eigenvalue weighted by atomic mass is 10.3. The minimum Gasteiger partial charge on any atom is -0.324 e. The zero-order chi connectivity index (χ0) is 16.2. The van der Waals surface area contributed by atoms with Crippen LogP contribution in [0, 0.1) is 0 Å². The molecule has 1 saturated heterocycles. The van der Waals surface area contributed by atoms with Gasteiger partial charge >= 0.3 is 0 Å². The molecule has 0 saturated carbocycles. The summed E-state index contributed by atoms with van der Waals surface area (Å²) < 4.78 is 47.6. The van der Waals surface area contributed by atoms with E-state index < -0.39 is 15.6 Å². The number of halogens is 2. The van der Waals surface area contributed by atoms with Crippen molar-refractivity contribution in [2.45, 2.75) is 22.3 Å². The highest BCUT2D eigenvalue weighted by molar-refractivity contribution is 8.02. The van der Waals surface area contributed by atoms with Crippen molar-refractivity contribution in [2.75, 3.05) is 22.6 Å². The molecule has 0 spiro atoms. The van der Waals surface area contributed by atoms with Gasteiger partial charge in [0.15, 0.2) is 9.84 Å². The zero-order valence-electron chi connectivity index (χ0n) is 11.5. The van der Waals surface area contributed by atoms with E-state index in [4.69, 9.17) is 0 Å². The molecular weight excluding hydrogens is 352 g/mol. The topological polar surface area (TPSA) is 63.2 Å². The van der Waals surface area contributed by atoms with Gasteiger partial charge in [-0.3, -0.25) is 4.79 Å². The van der Waals surface area contributed by atoms with Gasteiger partial charge in [-0.1, -0.05) is 23.9 Å². The summed E-state index contributed by atoms with van der Waals surface area (Å²) >= 11 is 1.66. The average Bonchev–Trinajstić information content (AvgIpc) is 2.78. The summed E-state index contributed by atoms with van der Waals surface area (Å²) in [7, 11) is -2.96. The van der Waals surface area contributed by atoms with Crippen LogP contribution in [0.2, 0.25) is 0 Å². The first kappa shape index (κ1) is 17.6. The molecule has 22 heavy (non-hydrogen) atoms. The molecule has 0 bridgehead atoms. The van der Waals surface area contributed by atoms with Gasteiger partial charge in [0.2, 0.25) is 5.91 Å². The number of benzene rings is 1. The first-order chi connectivity index (χ1) is 10.4. The maximum absolute atomic E-state index is 12.5. The number of hydrogen-bond donors (Lipinski definition) is 1. The number of thioether (sulfide) groups is 2. The van der Waals surface area contributed by atoms with Crippen LogP contribution in [-0.2, 0) is 14.6 Å². The number of carbonyl (C=O) groups excluding carboxylic acids is 1. The number of carbonyl (C=O) groups is 1. The summed E-state index contributed by atoms with van der Waals surface area (Å²) in [6.07, 6.45) is 0.554. The lowest BCUT2D eigenvalue weighted by molar-refractivity contribution is -0.113. The Morgan fingerprint density at radius 1 is 1.36 bits per heavy atom. The van der Waals surface area contributed by atoms with E-state index in [0.717, 1.165) is 0 Å². The molecule has 0 aromatic heterocycles. The van der Waals surface area contributed by atoms with Gasteiger partial charge in [-0.2, -0.15) is 8.78 Å². The Balaban J connectivity index is 1.87. The first-order valence-electron chi connectivity index (χ1n) is 6.51. The monoisotopic (exact) mass is 367 g/mol. The Bertz CT molecular complexity index is 637. The molecule has 1 aliphatic rings. The number of nitrogens with one attached hydrogen (secondary N) is 1. The largest absolute Gasteiger partial charge is 0.324 e. The van der Waals surface area contributed by atoms with Crippen molar-refractivity contribution in [1.82, 2.24) is 0 Å². The number of rotatable bonds is 6. The third-order valence-corrected chi connectivity index (χ3v) is 7.09. The van der Waals surface area contributed by atoms with Crippen molar-refractivity contribution in [2.24, 2.45) is 0 Å². The predicted molar refractivity (Wildman–Crippen MR) is 86.4 cm³/mol. The molecule has 1 fully saturated rings. The van der Waals surface area contributed by atoms with Crippen LogP contribution in [0.15, 0.2) is 29.2 Å². The Kier molecular flexibility index (Phi) is 6.10. The standard InChI is InChI=1S/C13H15F2NO3S3/c14-13(15)21-11-4-2-1-3-10(11)16-12(17)7-20-9-5-6-22(18,19)8-9/h1-4,9,13H,5-8H2,(H,16,17). The van der Waals surface area contributed by atoms with Gasteiger partial charge in [0.25, 0.3) is 5.76 Å². The van der Waals surface area contributed by atoms with Crippen LogP contribution in [-0.4, -0.2) is 42.6 Å². The van der Waals surface area contributed by atoms with E-state index in [1.165, 1.54) is 17.8 Å². The van der Waals surface area contributed by atoms with Crippen LogP contribution < -0.4 is 5.32 Å². The molecular formula is C13H15F2NO3S3. The fraction of sp³-hybridized carbons (Fsp3) is 0.462. The van der Waals surface area contributed by atoms with E-state index in [1.54, 1.807) is 18.2 Å². The van der Waals surface area contributed by atoms with Crippen LogP contribution in [0.3, 0.4) is 0 Å². The second-order valence-electron chi connectivity index (χ2n) is 4.76. The smallest absolute Gasteiger partial charge is 0.288 e. The minimum atomic E-state index is -2.96. The number of para-hydroxylation sites is 1. The summed E-state index contributed by atoms with van der Waals surface area (Å²) in [4.78, 5) is 12.2. The molecule has 1 aromatic carbocycles. The molecule has 0 radical (unpaired) electrons. The minimum absolute atomic E-state index is 0.0681. The molecule has 1 amide bonds. The van der Waals surface area contributed by atoms with Crippen molar-refractivity contribution < 1.29 is 22.0 Å². The Morgan fingerprint density at radius 2 is 2.09 bits per heavy atom. The number of alkyl halides is 2. The first-order valence-corrected chi connectivity index (χ1v) is 10.3. The predicted octanol–water partition coefficient (Wildman–Crippen LogP) is 2.86. The van der Waals surface area contributed by atoms with Crippen molar-refractivity contribution in [3.05, 3.63) is 24.3 Å². The molecule has 1 aliphatic heterocycles. The molecule has 1 atom stereocenters. The summed E-state index contributed by atoms with van der Waals surface area (Å²) in [5.74, 6) is -2.51. The second-order valence-corrected chi connectivity index (χ2v) is 9.31. The summed E-state index contributed by atoms with van der Waals surface area (Å²) in [5.41, 5.74) is 0.345. The second kappa shape index (κ2) is 7.65. The SMILES string of the molecule is O=C(CSC1CCS(=O)(=O)C1)Nc1ccccc1SC(F)F. The number of anilines is 1. The van der Waals surface area contributed by atoms with E-state index in [1.807, 2.05) is 0 Å². The van der Waals surface area contributed by atoms with E-state index in [9.17, 15) is 22.0 Å². The summed E-state index contributed by atoms with van der Waals surface area (Å²) in [5, 5.41) is 2.53. The van der Waals surface area contributed by atoms with Crippen LogP contribution >= 0.6 is 23.5 Å². The lowest BCUT2D eigenvalue weighted by Crippen LogP contribution is -2.17. The Hall–Kier alpha value is -0.800. The van der Waals surface area contributed by atoms with Crippen LogP contribution in [0.25, 0.3) is 0 Å². The van der Waals surface area contributed by atoms with Crippen molar-refractivity contribution >= 4 is 45.0 Å². The van der Waals surface area contributed by atoms with Gasteiger partial charge in [-0.05, 0) is 18.6 Å². The third kappa shape index (κ3) is 5.44. The maximum atomic E-state index is 12.5. The van der Waals surface area contributed by atoms with Gasteiger partial charge in [0, 0.05) is 10.1 Å². The van der Waals surface area contributed by atoms with E-state index in [0.29, 0.717) is 28.8 Å². The molecule has 4 nitrogen and oxygen atoms in total. The highest BCUT2D eigenvalue weighted by atomic mass is 32.2. The van der Waals surface area contributed by atoms with Crippen molar-refractivity contribution in [3.8, 4) is 0 Å². The van der Waals surface area contributed by atoms with Gasteiger partial charge in [0.05, 0.1) is 22.9 Å². The zero-order valence-corrected chi connectivity index (χ0v) is 13.9. The lowest BCUT2D eigenvalue weighted by Gasteiger charge is -2.11. The van der Waals surface area contributed by atoms with E-state index >= 15 is 0 Å². The van der Waals surface area contributed by atoms with Crippen molar-refractivity contribution in [3.63, 3.8) is 0 Å². The molecule has 1 unspecified atom stereocenters. The van der Waals surface area contributed by atoms with Crippen molar-refractivity contribution in [1.29, 1.82) is 0 Å². The Labute approximate surface area is 136 Å². The molecule has 2 rings (SSSR count). The fourth-order valence-corrected chi connectivity index (χ4v) is 6.08. The fourth-order valence-electron chi connectivity index (χ4n) is 2.04. The third-order valence-electron chi connectivity index (χ3n) is 3.02. The molecule has 0 aliphatic carbocycles. The van der Waals surface area contributed by atoms with Gasteiger partial charge in [-0.15, -0.1) is 11.8 Å². The number of hydrogen-bond acceptors (Lipinski definition) is 5. The highest BCUT2D eigenvalue weighted by Gasteiger charge is 2.28. The quantitative estimate of drug-likeness (QED) is 0.784. The van der Waals surface area contributed by atoms with Crippen LogP contribution in [0.5, 0.6) is 0 Å². The Morgan fingerprint density at radius 3 is 2.73 bits per heavy atom. The van der Waals surface area contributed by atoms with E-state index in [-0.39, 0.29) is 28.4 Å². The molecule has 1 aromatic rings. The van der Waals surface area contributed by atoms with E-state index in [2.05, 4.69) is 5.32 Å². The van der Waals surface area contributed by atoms with Gasteiger partial charge in [-0.25, -0.2) is 8.42 Å². The summed E-state index contributed by atoms with van der Waals surface area (Å²) in [6, 6.07) is 6.36. The molecule has 1 N–H and O–H groups in total. The van der Waals surface area contributed by atoms with Crippen LogP contribution in [0.4, 0.5) is 14.5 Å². The normalized spacial score (nSPS) is 20.2. The van der Waals surface area contributed by atoms with Gasteiger partial charge in [0.1, 0.15) is 0 Å². The molecule has 1 heterocycles. The summed E-state index contributed by atoms with van der Waals surface area (Å²) in [6.45, 7) is 0. The van der Waals surface area contributed by atoms with Gasteiger partial charge < -0.3 is 5.32 Å². The highest BCUT2D eigenvalue weighted by Crippen LogP contribution is 2.32. The van der Waals surface area contributed by atoms with Crippen LogP contribution in [0.1, 0.15) is 6.42 Å². The number of sulfone groups is 1. The molecule has 122 valence electrons. The molecule has 9 heteroatoms. The number of amides is 1. The maximum Gasteiger partial charge on any atom is 0.288 e. The average molecular weight is 367 g/mol.